The van der Waals surface area contributed by atoms with Crippen LogP contribution in [-0.4, -0.2) is 10.7 Å². The van der Waals surface area contributed by atoms with Crippen molar-refractivity contribution in [2.24, 2.45) is 5.10 Å². The normalized spacial score (nSPS) is 17.0. The van der Waals surface area contributed by atoms with E-state index in [9.17, 15) is 0 Å². The standard InChI is InChI=1S/C19H15BrClN3S/c1-12-9-18(13-5-7-16(21)8-6-13)24(23-12)19-22-17(11-25-19)14-3-2-4-15(20)10-14/h2-8,10-11,18H,9H2,1H3/t18-/m1/s1. The molecule has 0 fully saturated rings. The monoisotopic (exact) mass is 431 g/mol. The number of benzene rings is 2. The number of thiazole rings is 1. The zero-order chi connectivity index (χ0) is 17.4. The SMILES string of the molecule is CC1=NN(c2nc(-c3cccc(Br)c3)cs2)[C@@H](c2ccc(Cl)cc2)C1. The Morgan fingerprint density at radius 1 is 1.20 bits per heavy atom. The molecule has 0 aliphatic carbocycles. The molecule has 0 saturated carbocycles. The van der Waals surface area contributed by atoms with Gasteiger partial charge in [0.15, 0.2) is 0 Å². The van der Waals surface area contributed by atoms with Gasteiger partial charge in [-0.3, -0.25) is 0 Å². The molecule has 1 aromatic heterocycles. The summed E-state index contributed by atoms with van der Waals surface area (Å²) in [4.78, 5) is 4.82. The molecule has 3 nitrogen and oxygen atoms in total. The Labute approximate surface area is 164 Å². The number of halogens is 2. The third-order valence-corrected chi connectivity index (χ3v) is 5.70. The molecule has 0 N–H and O–H groups in total. The van der Waals surface area contributed by atoms with E-state index >= 15 is 0 Å². The van der Waals surface area contributed by atoms with E-state index in [1.54, 1.807) is 11.3 Å². The first-order chi connectivity index (χ1) is 12.1. The third-order valence-electron chi connectivity index (χ3n) is 4.13. The molecule has 1 atom stereocenters. The molecule has 1 aliphatic rings. The lowest BCUT2D eigenvalue weighted by Crippen LogP contribution is -2.18. The highest BCUT2D eigenvalue weighted by atomic mass is 79.9. The van der Waals surface area contributed by atoms with Crippen LogP contribution in [0.3, 0.4) is 0 Å². The van der Waals surface area contributed by atoms with E-state index in [2.05, 4.69) is 52.5 Å². The first-order valence-electron chi connectivity index (χ1n) is 7.90. The maximum atomic E-state index is 6.03. The number of hydrogen-bond acceptors (Lipinski definition) is 4. The van der Waals surface area contributed by atoms with Gasteiger partial charge in [-0.1, -0.05) is 51.8 Å². The van der Waals surface area contributed by atoms with Gasteiger partial charge in [-0.15, -0.1) is 11.3 Å². The molecule has 25 heavy (non-hydrogen) atoms. The van der Waals surface area contributed by atoms with Crippen LogP contribution >= 0.6 is 38.9 Å². The minimum absolute atomic E-state index is 0.166. The van der Waals surface area contributed by atoms with Crippen molar-refractivity contribution in [3.8, 4) is 11.3 Å². The van der Waals surface area contributed by atoms with Crippen LogP contribution in [0.15, 0.2) is 63.5 Å². The Hall–Kier alpha value is -1.69. The molecule has 0 saturated heterocycles. The summed E-state index contributed by atoms with van der Waals surface area (Å²) in [5.41, 5.74) is 4.37. The van der Waals surface area contributed by atoms with Gasteiger partial charge in [-0.25, -0.2) is 9.99 Å². The number of hydrazone groups is 1. The van der Waals surface area contributed by atoms with Crippen LogP contribution in [-0.2, 0) is 0 Å². The average molecular weight is 433 g/mol. The molecule has 1 aliphatic heterocycles. The van der Waals surface area contributed by atoms with Gasteiger partial charge in [-0.2, -0.15) is 5.10 Å². The summed E-state index contributed by atoms with van der Waals surface area (Å²) in [6.07, 6.45) is 0.896. The average Bonchev–Trinajstić information content (AvgIpc) is 3.22. The van der Waals surface area contributed by atoms with E-state index < -0.39 is 0 Å². The van der Waals surface area contributed by atoms with E-state index in [0.29, 0.717) is 0 Å². The van der Waals surface area contributed by atoms with Crippen molar-refractivity contribution < 1.29 is 0 Å². The summed E-state index contributed by atoms with van der Waals surface area (Å²) >= 11 is 11.2. The Balaban J connectivity index is 1.66. The summed E-state index contributed by atoms with van der Waals surface area (Å²) in [6.45, 7) is 2.06. The second-order valence-electron chi connectivity index (χ2n) is 5.98. The van der Waals surface area contributed by atoms with Crippen LogP contribution in [0.5, 0.6) is 0 Å². The lowest BCUT2D eigenvalue weighted by molar-refractivity contribution is 0.706. The van der Waals surface area contributed by atoms with Crippen molar-refractivity contribution in [2.45, 2.75) is 19.4 Å². The van der Waals surface area contributed by atoms with Crippen LogP contribution in [0, 0.1) is 0 Å². The summed E-state index contributed by atoms with van der Waals surface area (Å²) in [5.74, 6) is 0. The fourth-order valence-electron chi connectivity index (χ4n) is 2.93. The highest BCUT2D eigenvalue weighted by molar-refractivity contribution is 9.10. The number of rotatable bonds is 3. The minimum atomic E-state index is 0.166. The zero-order valence-corrected chi connectivity index (χ0v) is 16.6. The largest absolute Gasteiger partial charge is 0.231 e. The lowest BCUT2D eigenvalue weighted by Gasteiger charge is -2.21. The molecular weight excluding hydrogens is 418 g/mol. The highest BCUT2D eigenvalue weighted by Gasteiger charge is 2.29. The smallest absolute Gasteiger partial charge is 0.207 e. The highest BCUT2D eigenvalue weighted by Crippen LogP contribution is 2.38. The van der Waals surface area contributed by atoms with Gasteiger partial charge in [0.05, 0.1) is 11.7 Å². The second kappa shape index (κ2) is 6.90. The van der Waals surface area contributed by atoms with E-state index in [1.807, 2.05) is 29.3 Å². The molecule has 2 heterocycles. The molecule has 0 radical (unpaired) electrons. The predicted octanol–water partition coefficient (Wildman–Crippen LogP) is 6.55. The Morgan fingerprint density at radius 2 is 2.00 bits per heavy atom. The molecule has 0 bridgehead atoms. The maximum absolute atomic E-state index is 6.03. The number of anilines is 1. The fraction of sp³-hybridized carbons (Fsp3) is 0.158. The van der Waals surface area contributed by atoms with Crippen LogP contribution in [0.25, 0.3) is 11.3 Å². The van der Waals surface area contributed by atoms with Gasteiger partial charge in [0, 0.05) is 32.6 Å². The summed E-state index contributed by atoms with van der Waals surface area (Å²) in [6, 6.07) is 16.3. The predicted molar refractivity (Wildman–Crippen MR) is 110 cm³/mol. The maximum Gasteiger partial charge on any atom is 0.207 e. The number of hydrogen-bond donors (Lipinski definition) is 0. The van der Waals surface area contributed by atoms with Gasteiger partial charge in [-0.05, 0) is 36.8 Å². The summed E-state index contributed by atoms with van der Waals surface area (Å²) in [7, 11) is 0. The molecule has 2 aromatic carbocycles. The van der Waals surface area contributed by atoms with Gasteiger partial charge in [0.1, 0.15) is 0 Å². The molecule has 6 heteroatoms. The number of aromatic nitrogens is 1. The van der Waals surface area contributed by atoms with Crippen molar-refractivity contribution in [1.82, 2.24) is 4.98 Å². The van der Waals surface area contributed by atoms with E-state index in [-0.39, 0.29) is 6.04 Å². The quantitative estimate of drug-likeness (QED) is 0.469. The van der Waals surface area contributed by atoms with Gasteiger partial charge in [0.25, 0.3) is 0 Å². The van der Waals surface area contributed by atoms with Crippen molar-refractivity contribution >= 4 is 49.7 Å². The summed E-state index contributed by atoms with van der Waals surface area (Å²) in [5, 5.41) is 10.5. The topological polar surface area (TPSA) is 28.5 Å². The lowest BCUT2D eigenvalue weighted by atomic mass is 10.0. The van der Waals surface area contributed by atoms with Crippen molar-refractivity contribution in [3.63, 3.8) is 0 Å². The van der Waals surface area contributed by atoms with E-state index in [4.69, 9.17) is 21.7 Å². The molecule has 0 unspecified atom stereocenters. The second-order valence-corrected chi connectivity index (χ2v) is 8.17. The molecular formula is C19H15BrClN3S. The Kier molecular flexibility index (Phi) is 4.63. The first-order valence-corrected chi connectivity index (χ1v) is 9.95. The van der Waals surface area contributed by atoms with E-state index in [0.717, 1.165) is 38.0 Å². The molecule has 3 aromatic rings. The molecule has 4 rings (SSSR count). The molecule has 0 amide bonds. The Morgan fingerprint density at radius 3 is 2.76 bits per heavy atom. The summed E-state index contributed by atoms with van der Waals surface area (Å²) < 4.78 is 1.05. The molecule has 126 valence electrons. The zero-order valence-electron chi connectivity index (χ0n) is 13.5. The fourth-order valence-corrected chi connectivity index (χ4v) is 4.29. The minimum Gasteiger partial charge on any atom is -0.231 e. The van der Waals surface area contributed by atoms with E-state index in [1.165, 1.54) is 5.56 Å². The van der Waals surface area contributed by atoms with Crippen LogP contribution in [0.2, 0.25) is 5.02 Å². The number of nitrogens with zero attached hydrogens (tertiary/aromatic N) is 3. The Bertz CT molecular complexity index is 936. The third kappa shape index (κ3) is 3.50. The van der Waals surface area contributed by atoms with Crippen LogP contribution in [0.4, 0.5) is 5.13 Å². The molecule has 0 spiro atoms. The van der Waals surface area contributed by atoms with Crippen molar-refractivity contribution in [3.05, 3.63) is 69.0 Å². The van der Waals surface area contributed by atoms with Gasteiger partial charge >= 0.3 is 0 Å². The van der Waals surface area contributed by atoms with Gasteiger partial charge in [0.2, 0.25) is 5.13 Å². The van der Waals surface area contributed by atoms with Crippen molar-refractivity contribution in [1.29, 1.82) is 0 Å². The van der Waals surface area contributed by atoms with Crippen LogP contribution in [0.1, 0.15) is 24.9 Å². The van der Waals surface area contributed by atoms with Gasteiger partial charge < -0.3 is 0 Å². The van der Waals surface area contributed by atoms with Crippen molar-refractivity contribution in [2.75, 3.05) is 5.01 Å². The first kappa shape index (κ1) is 16.8. The van der Waals surface area contributed by atoms with Crippen LogP contribution < -0.4 is 5.01 Å².